The first-order valence-electron chi connectivity index (χ1n) is 6.12. The Labute approximate surface area is 94.1 Å². The summed E-state index contributed by atoms with van der Waals surface area (Å²) >= 11 is 0. The van der Waals surface area contributed by atoms with Gasteiger partial charge in [-0.1, -0.05) is 51.9 Å². The average molecular weight is 237 g/mol. The minimum Gasteiger partial charge on any atom is -0.193 e. The fraction of sp³-hybridized carbons (Fsp3) is 1.00. The van der Waals surface area contributed by atoms with Gasteiger partial charge in [-0.3, -0.25) is 0 Å². The zero-order chi connectivity index (χ0) is 11.6. The van der Waals surface area contributed by atoms with E-state index in [4.69, 9.17) is 14.7 Å². The first kappa shape index (κ1) is 15.3. The second kappa shape index (κ2) is 9.53. The molecule has 3 N–H and O–H groups in total. The smallest absolute Gasteiger partial charge is 0.193 e. The molecule has 15 heavy (non-hydrogen) atoms. The maximum atomic E-state index is 8.74. The summed E-state index contributed by atoms with van der Waals surface area (Å²) in [5.74, 6) is 0. The van der Waals surface area contributed by atoms with Crippen molar-refractivity contribution in [2.75, 3.05) is 6.16 Å². The number of hydrogen-bond donors (Lipinski definition) is 3. The van der Waals surface area contributed by atoms with Gasteiger partial charge in [0.1, 0.15) is 6.16 Å². The van der Waals surface area contributed by atoms with Gasteiger partial charge < -0.3 is 0 Å². The topological polar surface area (TPSA) is 60.7 Å². The molecule has 0 aromatic carbocycles. The molecule has 0 radical (unpaired) electrons. The van der Waals surface area contributed by atoms with E-state index < -0.39 is 7.94 Å². The third-order valence-corrected chi connectivity index (χ3v) is 3.48. The summed E-state index contributed by atoms with van der Waals surface area (Å²) in [7, 11) is -3.49. The summed E-state index contributed by atoms with van der Waals surface area (Å²) in [5, 5.41) is 0. The second-order valence-corrected chi connectivity index (χ2v) is 6.08. The summed E-state index contributed by atoms with van der Waals surface area (Å²) in [5.41, 5.74) is 0. The van der Waals surface area contributed by atoms with Crippen molar-refractivity contribution >= 4 is 7.94 Å². The van der Waals surface area contributed by atoms with Crippen molar-refractivity contribution in [1.29, 1.82) is 0 Å². The van der Waals surface area contributed by atoms with Gasteiger partial charge in [-0.25, -0.2) is 0 Å². The maximum absolute atomic E-state index is 8.74. The van der Waals surface area contributed by atoms with Gasteiger partial charge in [-0.15, -0.1) is 0 Å². The Hall–Kier alpha value is 0.310. The van der Waals surface area contributed by atoms with E-state index in [-0.39, 0.29) is 6.16 Å². The first-order chi connectivity index (χ1) is 7.06. The van der Waals surface area contributed by atoms with Crippen molar-refractivity contribution in [2.24, 2.45) is 0 Å². The predicted molar refractivity (Wildman–Crippen MR) is 65.7 cm³/mol. The van der Waals surface area contributed by atoms with Crippen molar-refractivity contribution in [3.8, 4) is 0 Å². The van der Waals surface area contributed by atoms with E-state index >= 15 is 0 Å². The molecule has 92 valence electrons. The Morgan fingerprint density at radius 1 is 0.667 bits per heavy atom. The lowest BCUT2D eigenvalue weighted by Gasteiger charge is -2.03. The Kier molecular flexibility index (Phi) is 9.73. The summed E-state index contributed by atoms with van der Waals surface area (Å²) < 4.78 is 0. The SMILES string of the molecule is CCCCCCCCCCC[P+](O)(O)O. The Bertz CT molecular complexity index is 134. The highest BCUT2D eigenvalue weighted by Crippen LogP contribution is 2.45. The fourth-order valence-corrected chi connectivity index (χ4v) is 2.28. The highest BCUT2D eigenvalue weighted by Gasteiger charge is 2.27. The van der Waals surface area contributed by atoms with E-state index in [0.717, 1.165) is 19.3 Å². The maximum Gasteiger partial charge on any atom is 0.403 e. The van der Waals surface area contributed by atoms with E-state index in [1.165, 1.54) is 38.5 Å². The zero-order valence-electron chi connectivity index (χ0n) is 9.86. The molecule has 0 atom stereocenters. The van der Waals surface area contributed by atoms with Crippen molar-refractivity contribution in [3.05, 3.63) is 0 Å². The van der Waals surface area contributed by atoms with Crippen molar-refractivity contribution in [3.63, 3.8) is 0 Å². The van der Waals surface area contributed by atoms with E-state index in [1.54, 1.807) is 0 Å². The van der Waals surface area contributed by atoms with Crippen LogP contribution >= 0.6 is 7.94 Å². The molecule has 0 saturated heterocycles. The van der Waals surface area contributed by atoms with Crippen molar-refractivity contribution in [1.82, 2.24) is 0 Å². The molecular formula is C11H26O3P+. The summed E-state index contributed by atoms with van der Waals surface area (Å²) in [6.45, 7) is 2.22. The van der Waals surface area contributed by atoms with Gasteiger partial charge in [0.15, 0.2) is 0 Å². The van der Waals surface area contributed by atoms with Gasteiger partial charge in [0.2, 0.25) is 0 Å². The molecule has 0 aliphatic carbocycles. The number of hydrogen-bond acceptors (Lipinski definition) is 3. The van der Waals surface area contributed by atoms with Gasteiger partial charge in [0.25, 0.3) is 0 Å². The molecule has 0 amide bonds. The van der Waals surface area contributed by atoms with Crippen LogP contribution in [-0.2, 0) is 0 Å². The summed E-state index contributed by atoms with van der Waals surface area (Å²) in [4.78, 5) is 26.2. The molecule has 0 fully saturated rings. The third-order valence-electron chi connectivity index (χ3n) is 2.56. The molecule has 0 heterocycles. The van der Waals surface area contributed by atoms with Crippen LogP contribution in [0, 0.1) is 0 Å². The van der Waals surface area contributed by atoms with E-state index in [1.807, 2.05) is 0 Å². The van der Waals surface area contributed by atoms with Crippen molar-refractivity contribution in [2.45, 2.75) is 64.7 Å². The largest absolute Gasteiger partial charge is 0.403 e. The molecule has 0 spiro atoms. The van der Waals surface area contributed by atoms with Gasteiger partial charge in [0.05, 0.1) is 0 Å². The summed E-state index contributed by atoms with van der Waals surface area (Å²) in [6, 6.07) is 0. The third kappa shape index (κ3) is 14.3. The van der Waals surface area contributed by atoms with E-state index in [9.17, 15) is 0 Å². The molecule has 0 aromatic rings. The molecule has 0 rings (SSSR count). The highest BCUT2D eigenvalue weighted by molar-refractivity contribution is 7.58. The van der Waals surface area contributed by atoms with Crippen LogP contribution in [-0.4, -0.2) is 20.8 Å². The molecule has 0 unspecified atom stereocenters. The van der Waals surface area contributed by atoms with Gasteiger partial charge in [-0.2, -0.15) is 14.7 Å². The van der Waals surface area contributed by atoms with Crippen LogP contribution in [0.3, 0.4) is 0 Å². The van der Waals surface area contributed by atoms with Crippen LogP contribution in [0.1, 0.15) is 64.7 Å². The monoisotopic (exact) mass is 237 g/mol. The predicted octanol–water partition coefficient (Wildman–Crippen LogP) is 3.26. The number of unbranched alkanes of at least 4 members (excludes halogenated alkanes) is 8. The molecular weight excluding hydrogens is 211 g/mol. The van der Waals surface area contributed by atoms with Gasteiger partial charge in [0, 0.05) is 0 Å². The minimum atomic E-state index is -3.49. The Balaban J connectivity index is 2.99. The molecule has 0 aliphatic heterocycles. The number of rotatable bonds is 10. The van der Waals surface area contributed by atoms with Crippen molar-refractivity contribution < 1.29 is 14.7 Å². The van der Waals surface area contributed by atoms with E-state index in [0.29, 0.717) is 0 Å². The molecule has 0 aliphatic rings. The van der Waals surface area contributed by atoms with Crippen LogP contribution in [0.25, 0.3) is 0 Å². The molecule has 0 aromatic heterocycles. The zero-order valence-corrected chi connectivity index (χ0v) is 10.8. The van der Waals surface area contributed by atoms with E-state index in [2.05, 4.69) is 6.92 Å². The van der Waals surface area contributed by atoms with Crippen LogP contribution in [0.2, 0.25) is 0 Å². The normalized spacial score (nSPS) is 12.0. The Morgan fingerprint density at radius 3 is 1.47 bits per heavy atom. The molecule has 4 heteroatoms. The van der Waals surface area contributed by atoms with Crippen LogP contribution < -0.4 is 0 Å². The second-order valence-electron chi connectivity index (χ2n) is 4.24. The Morgan fingerprint density at radius 2 is 1.07 bits per heavy atom. The van der Waals surface area contributed by atoms with Crippen LogP contribution in [0.4, 0.5) is 0 Å². The lowest BCUT2D eigenvalue weighted by Crippen LogP contribution is -1.94. The van der Waals surface area contributed by atoms with Crippen LogP contribution in [0.5, 0.6) is 0 Å². The average Bonchev–Trinajstić information content (AvgIpc) is 2.14. The standard InChI is InChI=1S/C11H26O3P/c1-2-3-4-5-6-7-8-9-10-11-15(12,13)14/h12-14H,2-11H2,1H3/q+1. The van der Waals surface area contributed by atoms with Gasteiger partial charge in [-0.05, 0) is 12.8 Å². The lowest BCUT2D eigenvalue weighted by atomic mass is 10.1. The highest BCUT2D eigenvalue weighted by atomic mass is 31.2. The summed E-state index contributed by atoms with van der Waals surface area (Å²) in [6.07, 6.45) is 10.9. The first-order valence-corrected chi connectivity index (χ1v) is 7.96. The molecule has 3 nitrogen and oxygen atoms in total. The molecule has 0 bridgehead atoms. The van der Waals surface area contributed by atoms with Crippen LogP contribution in [0.15, 0.2) is 0 Å². The fourth-order valence-electron chi connectivity index (χ4n) is 1.63. The lowest BCUT2D eigenvalue weighted by molar-refractivity contribution is 0.328. The van der Waals surface area contributed by atoms with Gasteiger partial charge >= 0.3 is 7.94 Å². The quantitative estimate of drug-likeness (QED) is 0.403. The minimum absolute atomic E-state index is 0.169. The molecule has 0 saturated carbocycles.